The first-order valence-electron chi connectivity index (χ1n) is 6.56. The molecule has 0 amide bonds. The zero-order chi connectivity index (χ0) is 14.7. The number of rotatable bonds is 2. The highest BCUT2D eigenvalue weighted by molar-refractivity contribution is 7.80. The van der Waals surface area contributed by atoms with Crippen LogP contribution in [0.25, 0.3) is 0 Å². The van der Waals surface area contributed by atoms with Gasteiger partial charge in [0.05, 0.1) is 16.4 Å². The number of anilines is 1. The summed E-state index contributed by atoms with van der Waals surface area (Å²) >= 11 is 11.5. The lowest BCUT2D eigenvalue weighted by Crippen LogP contribution is -2.25. The maximum absolute atomic E-state index is 6.16. The summed E-state index contributed by atoms with van der Waals surface area (Å²) < 4.78 is 0. The lowest BCUT2D eigenvalue weighted by Gasteiger charge is -2.19. The van der Waals surface area contributed by atoms with E-state index in [0.717, 1.165) is 35.6 Å². The molecule has 2 heterocycles. The smallest absolute Gasteiger partial charge is 0.126 e. The van der Waals surface area contributed by atoms with E-state index in [9.17, 15) is 0 Å². The van der Waals surface area contributed by atoms with Crippen LogP contribution in [-0.2, 0) is 0 Å². The van der Waals surface area contributed by atoms with Crippen LogP contribution in [0.1, 0.15) is 17.7 Å². The Morgan fingerprint density at radius 3 is 2.90 bits per heavy atom. The highest BCUT2D eigenvalue weighted by Gasteiger charge is 2.19. The Bertz CT molecular complexity index is 700. The number of fused-ring (bicyclic) bond motifs is 1. The molecule has 0 radical (unpaired) electrons. The Balaban J connectivity index is 1.83. The van der Waals surface area contributed by atoms with E-state index in [-0.39, 0.29) is 0 Å². The molecule has 1 aromatic heterocycles. The number of benzene rings is 1. The molecule has 4 nitrogen and oxygen atoms in total. The number of thiocarbonyl (C=S) groups is 1. The van der Waals surface area contributed by atoms with E-state index in [0.29, 0.717) is 10.0 Å². The van der Waals surface area contributed by atoms with E-state index in [4.69, 9.17) is 23.8 Å². The first kappa shape index (κ1) is 14.0. The van der Waals surface area contributed by atoms with Gasteiger partial charge in [-0.25, -0.2) is 0 Å². The summed E-state index contributed by atoms with van der Waals surface area (Å²) in [6.45, 7) is 0.775. The minimum absolute atomic E-state index is 0.588. The minimum atomic E-state index is 0.588. The van der Waals surface area contributed by atoms with Crippen LogP contribution in [0.4, 0.5) is 5.69 Å². The second-order valence-electron chi connectivity index (χ2n) is 4.56. The van der Waals surface area contributed by atoms with Gasteiger partial charge in [0.2, 0.25) is 0 Å². The van der Waals surface area contributed by atoms with Gasteiger partial charge >= 0.3 is 0 Å². The minimum Gasteiger partial charge on any atom is -0.382 e. The van der Waals surface area contributed by atoms with Gasteiger partial charge < -0.3 is 5.32 Å². The molecule has 0 fully saturated rings. The predicted octanol–water partition coefficient (Wildman–Crippen LogP) is 3.22. The molecule has 0 aliphatic carbocycles. The molecule has 0 bridgehead atoms. The van der Waals surface area contributed by atoms with Crippen molar-refractivity contribution in [1.82, 2.24) is 10.4 Å². The Kier molecular flexibility index (Phi) is 4.13. The van der Waals surface area contributed by atoms with Crippen LogP contribution < -0.4 is 10.7 Å². The number of pyridine rings is 1. The molecule has 0 atom stereocenters. The molecular weight excluding hydrogens is 304 g/mol. The molecule has 3 rings (SSSR count). The van der Waals surface area contributed by atoms with Crippen LogP contribution in [-0.4, -0.2) is 22.2 Å². The van der Waals surface area contributed by atoms with Gasteiger partial charge in [-0.15, -0.1) is 0 Å². The van der Waals surface area contributed by atoms with Gasteiger partial charge in [0.1, 0.15) is 10.7 Å². The number of halogens is 1. The van der Waals surface area contributed by atoms with E-state index >= 15 is 0 Å². The summed E-state index contributed by atoms with van der Waals surface area (Å²) in [6.07, 6.45) is 2.45. The maximum Gasteiger partial charge on any atom is 0.126 e. The fourth-order valence-corrected chi connectivity index (χ4v) is 2.53. The molecule has 0 saturated heterocycles. The number of hydrogen-bond acceptors (Lipinski definition) is 4. The first-order chi connectivity index (χ1) is 10.3. The van der Waals surface area contributed by atoms with Gasteiger partial charge in [0, 0.05) is 24.7 Å². The molecular formula is C15H13ClN4S. The normalized spacial score (nSPS) is 15.2. The lowest BCUT2D eigenvalue weighted by molar-refractivity contribution is 0.978. The van der Waals surface area contributed by atoms with Gasteiger partial charge in [-0.2, -0.15) is 5.10 Å². The molecule has 0 unspecified atom stereocenters. The van der Waals surface area contributed by atoms with Crippen molar-refractivity contribution in [3.05, 3.63) is 58.9 Å². The van der Waals surface area contributed by atoms with E-state index in [1.807, 2.05) is 30.3 Å². The van der Waals surface area contributed by atoms with E-state index in [1.54, 1.807) is 12.3 Å². The lowest BCUT2D eigenvalue weighted by atomic mass is 10.1. The summed E-state index contributed by atoms with van der Waals surface area (Å²) in [7, 11) is 0. The molecule has 0 saturated carbocycles. The van der Waals surface area contributed by atoms with Crippen molar-refractivity contribution >= 4 is 40.2 Å². The molecule has 1 aliphatic heterocycles. The van der Waals surface area contributed by atoms with Crippen LogP contribution in [0.15, 0.2) is 47.7 Å². The van der Waals surface area contributed by atoms with Crippen LogP contribution in [0, 0.1) is 0 Å². The Morgan fingerprint density at radius 1 is 1.29 bits per heavy atom. The number of aromatic nitrogens is 1. The summed E-state index contributed by atoms with van der Waals surface area (Å²) in [5, 5.41) is 8.30. The first-order valence-corrected chi connectivity index (χ1v) is 7.35. The standard InChI is InChI=1S/C15H13ClN4S/c16-11-6-8-18-14-12(7-9-17-13(11)14)19-20-15(21)10-4-2-1-3-5-10/h1-6,8,17H,7,9H2,(H,20,21)/b19-12-. The van der Waals surface area contributed by atoms with Gasteiger partial charge in [-0.3, -0.25) is 10.4 Å². The van der Waals surface area contributed by atoms with Crippen molar-refractivity contribution in [3.63, 3.8) is 0 Å². The van der Waals surface area contributed by atoms with Gasteiger partial charge in [0.15, 0.2) is 0 Å². The summed E-state index contributed by atoms with van der Waals surface area (Å²) in [6, 6.07) is 11.5. The molecule has 2 N–H and O–H groups in total. The third kappa shape index (κ3) is 3.04. The molecule has 1 aromatic carbocycles. The van der Waals surface area contributed by atoms with Crippen LogP contribution in [0.3, 0.4) is 0 Å². The number of nitrogens with one attached hydrogen (secondary N) is 2. The molecule has 1 aliphatic rings. The molecule has 6 heteroatoms. The van der Waals surface area contributed by atoms with Gasteiger partial charge in [-0.05, 0) is 6.07 Å². The third-order valence-corrected chi connectivity index (χ3v) is 3.81. The van der Waals surface area contributed by atoms with E-state index in [1.165, 1.54) is 0 Å². The summed E-state index contributed by atoms with van der Waals surface area (Å²) in [5.41, 5.74) is 6.33. The van der Waals surface area contributed by atoms with Crippen molar-refractivity contribution in [2.75, 3.05) is 11.9 Å². The molecule has 2 aromatic rings. The third-order valence-electron chi connectivity index (χ3n) is 3.17. The molecule has 106 valence electrons. The Labute approximate surface area is 133 Å². The quantitative estimate of drug-likeness (QED) is 0.660. The highest BCUT2D eigenvalue weighted by atomic mass is 35.5. The van der Waals surface area contributed by atoms with Gasteiger partial charge in [-0.1, -0.05) is 54.2 Å². The average Bonchev–Trinajstić information content (AvgIpc) is 2.54. The maximum atomic E-state index is 6.16. The molecule has 0 spiro atoms. The predicted molar refractivity (Wildman–Crippen MR) is 90.2 cm³/mol. The second kappa shape index (κ2) is 6.20. The van der Waals surface area contributed by atoms with Crippen LogP contribution in [0.5, 0.6) is 0 Å². The topological polar surface area (TPSA) is 49.3 Å². The Morgan fingerprint density at radius 2 is 2.10 bits per heavy atom. The van der Waals surface area contributed by atoms with Crippen molar-refractivity contribution in [2.45, 2.75) is 6.42 Å². The molecule has 21 heavy (non-hydrogen) atoms. The fourth-order valence-electron chi connectivity index (χ4n) is 2.13. The summed E-state index contributed by atoms with van der Waals surface area (Å²) in [4.78, 5) is 4.94. The van der Waals surface area contributed by atoms with Crippen molar-refractivity contribution < 1.29 is 0 Å². The largest absolute Gasteiger partial charge is 0.382 e. The zero-order valence-electron chi connectivity index (χ0n) is 11.1. The van der Waals surface area contributed by atoms with Gasteiger partial charge in [0.25, 0.3) is 0 Å². The number of hydrazone groups is 1. The number of hydrogen-bond donors (Lipinski definition) is 2. The fraction of sp³-hybridized carbons (Fsp3) is 0.133. The van der Waals surface area contributed by atoms with Crippen LogP contribution in [0.2, 0.25) is 5.02 Å². The SMILES string of the molecule is S=C(N/N=C1/CCNc2c(Cl)ccnc21)c1ccccc1. The van der Waals surface area contributed by atoms with Crippen molar-refractivity contribution in [3.8, 4) is 0 Å². The van der Waals surface area contributed by atoms with Crippen molar-refractivity contribution in [1.29, 1.82) is 0 Å². The highest BCUT2D eigenvalue weighted by Crippen LogP contribution is 2.28. The summed E-state index contributed by atoms with van der Waals surface area (Å²) in [5.74, 6) is 0. The van der Waals surface area contributed by atoms with E-state index < -0.39 is 0 Å². The van der Waals surface area contributed by atoms with E-state index in [2.05, 4.69) is 20.8 Å². The monoisotopic (exact) mass is 316 g/mol. The van der Waals surface area contributed by atoms with Crippen LogP contribution >= 0.6 is 23.8 Å². The second-order valence-corrected chi connectivity index (χ2v) is 5.37. The average molecular weight is 317 g/mol. The Hall–Kier alpha value is -1.98. The van der Waals surface area contributed by atoms with Crippen molar-refractivity contribution in [2.24, 2.45) is 5.10 Å². The number of nitrogens with zero attached hydrogens (tertiary/aromatic N) is 2. The zero-order valence-corrected chi connectivity index (χ0v) is 12.7.